The van der Waals surface area contributed by atoms with Gasteiger partial charge in [-0.3, -0.25) is 9.69 Å². The number of piperidine rings is 1. The molecule has 0 saturated carbocycles. The van der Waals surface area contributed by atoms with Crippen molar-refractivity contribution in [2.24, 2.45) is 5.92 Å². The summed E-state index contributed by atoms with van der Waals surface area (Å²) in [6.45, 7) is 6.19. The number of aryl methyl sites for hydroxylation is 1. The molecule has 0 bridgehead atoms. The van der Waals surface area contributed by atoms with Crippen molar-refractivity contribution in [1.82, 2.24) is 20.4 Å². The lowest BCUT2D eigenvalue weighted by atomic mass is 9.96. The molecular formula is C25H30N4O3. The molecule has 0 radical (unpaired) electrons. The first kappa shape index (κ1) is 22.0. The second-order valence-electron chi connectivity index (χ2n) is 8.40. The van der Waals surface area contributed by atoms with Crippen LogP contribution in [-0.4, -0.2) is 41.1 Å². The van der Waals surface area contributed by atoms with E-state index in [0.717, 1.165) is 41.8 Å². The van der Waals surface area contributed by atoms with Gasteiger partial charge in [0.2, 0.25) is 17.6 Å². The third kappa shape index (κ3) is 5.16. The normalized spacial score (nSPS) is 17.7. The number of benzene rings is 2. The Labute approximate surface area is 188 Å². The van der Waals surface area contributed by atoms with E-state index in [4.69, 9.17) is 9.26 Å². The van der Waals surface area contributed by atoms with Crippen molar-refractivity contribution in [2.45, 2.75) is 39.3 Å². The van der Waals surface area contributed by atoms with Crippen molar-refractivity contribution in [2.75, 3.05) is 20.2 Å². The molecule has 0 aliphatic carbocycles. The summed E-state index contributed by atoms with van der Waals surface area (Å²) < 4.78 is 10.7. The number of hydrogen-bond acceptors (Lipinski definition) is 6. The fraction of sp³-hybridized carbons (Fsp3) is 0.400. The maximum atomic E-state index is 12.9. The summed E-state index contributed by atoms with van der Waals surface area (Å²) in [6, 6.07) is 15.7. The predicted octanol–water partition coefficient (Wildman–Crippen LogP) is 4.14. The number of methoxy groups -OCH3 is 1. The Hall–Kier alpha value is -3.19. The third-order valence-electron chi connectivity index (χ3n) is 6.06. The quantitative estimate of drug-likeness (QED) is 0.602. The first-order chi connectivity index (χ1) is 15.5. The van der Waals surface area contributed by atoms with E-state index in [2.05, 4.69) is 20.4 Å². The number of carbonyl (C=O) groups excluding carboxylic acids is 1. The molecule has 4 rings (SSSR count). The van der Waals surface area contributed by atoms with E-state index in [1.54, 1.807) is 7.11 Å². The summed E-state index contributed by atoms with van der Waals surface area (Å²) >= 11 is 0. The Morgan fingerprint density at radius 1 is 1.25 bits per heavy atom. The van der Waals surface area contributed by atoms with Crippen molar-refractivity contribution in [3.05, 3.63) is 65.5 Å². The largest absolute Gasteiger partial charge is 0.497 e. The second kappa shape index (κ2) is 9.96. The van der Waals surface area contributed by atoms with Crippen LogP contribution in [0.15, 0.2) is 53.1 Å². The molecule has 1 saturated heterocycles. The Morgan fingerprint density at radius 2 is 2.03 bits per heavy atom. The highest BCUT2D eigenvalue weighted by Crippen LogP contribution is 2.23. The molecule has 1 aliphatic rings. The number of likely N-dealkylation sites (tertiary alicyclic amines) is 1. The Morgan fingerprint density at radius 3 is 2.78 bits per heavy atom. The standard InChI is InChI=1S/C25H30N4O3/c1-17-7-4-5-9-22(17)24-27-23(32-28-24)16-29-14-6-8-20(15-29)25(30)26-18(2)19-10-12-21(31-3)13-11-19/h4-5,7,9-13,18,20H,6,8,14-16H2,1-3H3,(H,26,30). The van der Waals surface area contributed by atoms with Gasteiger partial charge in [-0.2, -0.15) is 4.98 Å². The molecule has 2 aromatic carbocycles. The summed E-state index contributed by atoms with van der Waals surface area (Å²) in [5.74, 6) is 2.03. The molecule has 2 heterocycles. The maximum absolute atomic E-state index is 12.9. The molecule has 1 amide bonds. The van der Waals surface area contributed by atoms with Crippen LogP contribution in [0.4, 0.5) is 0 Å². The summed E-state index contributed by atoms with van der Waals surface area (Å²) in [6.07, 6.45) is 1.85. The van der Waals surface area contributed by atoms with Gasteiger partial charge in [-0.05, 0) is 56.5 Å². The summed E-state index contributed by atoms with van der Waals surface area (Å²) in [5, 5.41) is 7.31. The first-order valence-electron chi connectivity index (χ1n) is 11.1. The molecule has 0 spiro atoms. The average Bonchev–Trinajstić information content (AvgIpc) is 3.27. The lowest BCUT2D eigenvalue weighted by molar-refractivity contribution is -0.127. The highest BCUT2D eigenvalue weighted by molar-refractivity contribution is 5.79. The van der Waals surface area contributed by atoms with Crippen LogP contribution in [0.25, 0.3) is 11.4 Å². The zero-order valence-electron chi connectivity index (χ0n) is 18.9. The van der Waals surface area contributed by atoms with Crippen molar-refractivity contribution < 1.29 is 14.1 Å². The van der Waals surface area contributed by atoms with Crippen molar-refractivity contribution in [3.8, 4) is 17.1 Å². The highest BCUT2D eigenvalue weighted by Gasteiger charge is 2.28. The summed E-state index contributed by atoms with van der Waals surface area (Å²) in [5.41, 5.74) is 3.15. The van der Waals surface area contributed by atoms with Crippen LogP contribution in [0.5, 0.6) is 5.75 Å². The Balaban J connectivity index is 1.34. The van der Waals surface area contributed by atoms with Crippen LogP contribution in [0, 0.1) is 12.8 Å². The zero-order chi connectivity index (χ0) is 22.5. The molecule has 2 unspecified atom stereocenters. The summed E-state index contributed by atoms with van der Waals surface area (Å²) in [7, 11) is 1.65. The fourth-order valence-electron chi connectivity index (χ4n) is 4.16. The van der Waals surface area contributed by atoms with Crippen LogP contribution in [0.3, 0.4) is 0 Å². The average molecular weight is 435 g/mol. The first-order valence-corrected chi connectivity index (χ1v) is 11.1. The predicted molar refractivity (Wildman–Crippen MR) is 122 cm³/mol. The van der Waals surface area contributed by atoms with Crippen LogP contribution in [-0.2, 0) is 11.3 Å². The smallest absolute Gasteiger partial charge is 0.241 e. The number of rotatable bonds is 7. The van der Waals surface area contributed by atoms with Gasteiger partial charge in [0.15, 0.2) is 0 Å². The minimum Gasteiger partial charge on any atom is -0.497 e. The van der Waals surface area contributed by atoms with Gasteiger partial charge in [-0.15, -0.1) is 0 Å². The van der Waals surface area contributed by atoms with Gasteiger partial charge in [-0.25, -0.2) is 0 Å². The molecule has 168 valence electrons. The maximum Gasteiger partial charge on any atom is 0.241 e. The SMILES string of the molecule is COc1ccc(C(C)NC(=O)C2CCCN(Cc3nc(-c4ccccc4C)no3)C2)cc1. The molecule has 7 heteroatoms. The van der Waals surface area contributed by atoms with Crippen molar-refractivity contribution in [1.29, 1.82) is 0 Å². The van der Waals surface area contributed by atoms with E-state index in [-0.39, 0.29) is 17.9 Å². The number of hydrogen-bond donors (Lipinski definition) is 1. The van der Waals surface area contributed by atoms with Gasteiger partial charge >= 0.3 is 0 Å². The van der Waals surface area contributed by atoms with Gasteiger partial charge < -0.3 is 14.6 Å². The number of carbonyl (C=O) groups is 1. The molecule has 1 N–H and O–H groups in total. The second-order valence-corrected chi connectivity index (χ2v) is 8.40. The van der Waals surface area contributed by atoms with Gasteiger partial charge in [0, 0.05) is 12.1 Å². The van der Waals surface area contributed by atoms with Gasteiger partial charge in [0.1, 0.15) is 5.75 Å². The Kier molecular flexibility index (Phi) is 6.85. The van der Waals surface area contributed by atoms with E-state index in [1.165, 1.54) is 0 Å². The van der Waals surface area contributed by atoms with Crippen molar-refractivity contribution in [3.63, 3.8) is 0 Å². The number of nitrogens with one attached hydrogen (secondary N) is 1. The van der Waals surface area contributed by atoms with Gasteiger partial charge in [-0.1, -0.05) is 41.6 Å². The third-order valence-corrected chi connectivity index (χ3v) is 6.06. The molecular weight excluding hydrogens is 404 g/mol. The van der Waals surface area contributed by atoms with Crippen LogP contribution in [0.1, 0.15) is 42.8 Å². The molecule has 32 heavy (non-hydrogen) atoms. The highest BCUT2D eigenvalue weighted by atomic mass is 16.5. The van der Waals surface area contributed by atoms with Crippen LogP contribution < -0.4 is 10.1 Å². The lowest BCUT2D eigenvalue weighted by Gasteiger charge is -2.31. The number of nitrogens with zero attached hydrogens (tertiary/aromatic N) is 3. The van der Waals surface area contributed by atoms with E-state index in [1.807, 2.05) is 62.4 Å². The van der Waals surface area contributed by atoms with E-state index < -0.39 is 0 Å². The zero-order valence-corrected chi connectivity index (χ0v) is 18.9. The number of amides is 1. The molecule has 1 aliphatic heterocycles. The molecule has 1 fully saturated rings. The van der Waals surface area contributed by atoms with E-state index in [0.29, 0.717) is 24.8 Å². The van der Waals surface area contributed by atoms with Crippen LogP contribution in [0.2, 0.25) is 0 Å². The molecule has 1 aromatic heterocycles. The topological polar surface area (TPSA) is 80.5 Å². The minimum absolute atomic E-state index is 0.0526. The molecule has 7 nitrogen and oxygen atoms in total. The molecule has 3 aromatic rings. The van der Waals surface area contributed by atoms with Crippen molar-refractivity contribution >= 4 is 5.91 Å². The number of ether oxygens (including phenoxy) is 1. The summed E-state index contributed by atoms with van der Waals surface area (Å²) in [4.78, 5) is 19.7. The van der Waals surface area contributed by atoms with E-state index in [9.17, 15) is 4.79 Å². The van der Waals surface area contributed by atoms with E-state index >= 15 is 0 Å². The van der Waals surface area contributed by atoms with Crippen LogP contribution >= 0.6 is 0 Å². The molecule has 2 atom stereocenters. The number of aromatic nitrogens is 2. The lowest BCUT2D eigenvalue weighted by Crippen LogP contribution is -2.43. The monoisotopic (exact) mass is 434 g/mol. The minimum atomic E-state index is -0.0589. The van der Waals surface area contributed by atoms with Gasteiger partial charge in [0.05, 0.1) is 25.6 Å². The Bertz CT molecular complexity index is 1050. The fourth-order valence-corrected chi connectivity index (χ4v) is 4.16. The van der Waals surface area contributed by atoms with Gasteiger partial charge in [0.25, 0.3) is 0 Å².